The Hall–Kier alpha value is -2.37. The van der Waals surface area contributed by atoms with E-state index in [0.29, 0.717) is 12.3 Å². The van der Waals surface area contributed by atoms with Gasteiger partial charge in [0, 0.05) is 6.54 Å². The van der Waals surface area contributed by atoms with Crippen LogP contribution in [-0.4, -0.2) is 26.8 Å². The zero-order valence-corrected chi connectivity index (χ0v) is 12.5. The molecule has 1 aromatic heterocycles. The van der Waals surface area contributed by atoms with Crippen LogP contribution in [0.4, 0.5) is 0 Å². The molecular weight excluding hydrogens is 268 g/mol. The van der Waals surface area contributed by atoms with Crippen molar-refractivity contribution >= 4 is 5.91 Å². The molecule has 0 spiro atoms. The molecule has 0 aliphatic heterocycles. The third-order valence-corrected chi connectivity index (χ3v) is 3.16. The molecule has 21 heavy (non-hydrogen) atoms. The van der Waals surface area contributed by atoms with Gasteiger partial charge in [-0.1, -0.05) is 17.7 Å². The summed E-state index contributed by atoms with van der Waals surface area (Å²) in [6.07, 6.45) is 1.08. The van der Waals surface area contributed by atoms with Crippen molar-refractivity contribution in [3.63, 3.8) is 0 Å². The molecule has 0 saturated heterocycles. The van der Waals surface area contributed by atoms with E-state index in [4.69, 9.17) is 4.74 Å². The summed E-state index contributed by atoms with van der Waals surface area (Å²) >= 11 is 0. The van der Waals surface area contributed by atoms with Crippen LogP contribution in [0.2, 0.25) is 0 Å². The number of ether oxygens (including phenoxy) is 1. The van der Waals surface area contributed by atoms with Crippen molar-refractivity contribution in [1.29, 1.82) is 0 Å². The highest BCUT2D eigenvalue weighted by Crippen LogP contribution is 2.13. The van der Waals surface area contributed by atoms with Gasteiger partial charge >= 0.3 is 0 Å². The topological polar surface area (TPSA) is 69.0 Å². The molecule has 0 aliphatic carbocycles. The zero-order valence-electron chi connectivity index (χ0n) is 12.5. The molecular formula is C15H20N4O2. The van der Waals surface area contributed by atoms with Crippen LogP contribution in [0.25, 0.3) is 0 Å². The Morgan fingerprint density at radius 3 is 2.76 bits per heavy atom. The summed E-state index contributed by atoms with van der Waals surface area (Å²) in [7, 11) is 0. The average molecular weight is 288 g/mol. The Morgan fingerprint density at radius 2 is 2.10 bits per heavy atom. The molecule has 0 radical (unpaired) electrons. The quantitative estimate of drug-likeness (QED) is 0.878. The lowest BCUT2D eigenvalue weighted by atomic mass is 10.2. The lowest BCUT2D eigenvalue weighted by Gasteiger charge is -2.14. The number of hydrogen-bond acceptors (Lipinski definition) is 4. The molecule has 0 fully saturated rings. The van der Waals surface area contributed by atoms with Gasteiger partial charge in [0.1, 0.15) is 12.1 Å². The Labute approximate surface area is 124 Å². The number of amides is 1. The van der Waals surface area contributed by atoms with Gasteiger partial charge in [-0.05, 0) is 32.9 Å². The lowest BCUT2D eigenvalue weighted by molar-refractivity contribution is -0.127. The van der Waals surface area contributed by atoms with Crippen molar-refractivity contribution in [2.75, 3.05) is 0 Å². The van der Waals surface area contributed by atoms with E-state index in [1.807, 2.05) is 42.7 Å². The minimum Gasteiger partial charge on any atom is -0.481 e. The summed E-state index contributed by atoms with van der Waals surface area (Å²) in [6.45, 7) is 6.84. The maximum atomic E-state index is 12.0. The van der Waals surface area contributed by atoms with E-state index in [0.717, 1.165) is 17.9 Å². The van der Waals surface area contributed by atoms with Crippen LogP contribution >= 0.6 is 0 Å². The molecule has 0 aliphatic rings. The molecule has 1 aromatic carbocycles. The van der Waals surface area contributed by atoms with E-state index in [-0.39, 0.29) is 5.91 Å². The first-order valence-electron chi connectivity index (χ1n) is 6.98. The summed E-state index contributed by atoms with van der Waals surface area (Å²) in [6, 6.07) is 7.60. The van der Waals surface area contributed by atoms with Crippen molar-refractivity contribution in [2.24, 2.45) is 0 Å². The third kappa shape index (κ3) is 4.05. The van der Waals surface area contributed by atoms with E-state index in [9.17, 15) is 4.79 Å². The summed E-state index contributed by atoms with van der Waals surface area (Å²) in [5.41, 5.74) is 1.15. The monoisotopic (exact) mass is 288 g/mol. The fourth-order valence-electron chi connectivity index (χ4n) is 1.86. The minimum atomic E-state index is -0.564. The van der Waals surface area contributed by atoms with E-state index < -0.39 is 6.10 Å². The largest absolute Gasteiger partial charge is 0.481 e. The Balaban J connectivity index is 1.86. The molecule has 0 saturated carbocycles. The Kier molecular flexibility index (Phi) is 4.92. The van der Waals surface area contributed by atoms with Gasteiger partial charge in [-0.25, -0.2) is 0 Å². The first-order chi connectivity index (χ1) is 10.1. The smallest absolute Gasteiger partial charge is 0.261 e. The van der Waals surface area contributed by atoms with Crippen LogP contribution in [0.1, 0.15) is 25.2 Å². The second-order valence-corrected chi connectivity index (χ2v) is 4.82. The molecule has 6 heteroatoms. The van der Waals surface area contributed by atoms with Crippen molar-refractivity contribution in [2.45, 2.75) is 40.0 Å². The highest BCUT2D eigenvalue weighted by atomic mass is 16.5. The molecule has 2 rings (SSSR count). The van der Waals surface area contributed by atoms with Crippen molar-refractivity contribution in [3.8, 4) is 5.75 Å². The number of benzene rings is 1. The maximum absolute atomic E-state index is 12.0. The number of nitrogens with one attached hydrogen (secondary N) is 1. The number of carbonyl (C=O) groups is 1. The van der Waals surface area contributed by atoms with Gasteiger partial charge in [-0.3, -0.25) is 4.79 Å². The summed E-state index contributed by atoms with van der Waals surface area (Å²) in [5, 5.41) is 10.6. The zero-order chi connectivity index (χ0) is 15.2. The van der Waals surface area contributed by atoms with Crippen molar-refractivity contribution < 1.29 is 9.53 Å². The Morgan fingerprint density at radius 1 is 1.38 bits per heavy atom. The number of aryl methyl sites for hydroxylation is 2. The Bertz CT molecular complexity index is 592. The molecule has 112 valence electrons. The molecule has 0 bridgehead atoms. The first kappa shape index (κ1) is 15.0. The molecule has 2 aromatic rings. The minimum absolute atomic E-state index is 0.179. The van der Waals surface area contributed by atoms with Gasteiger partial charge in [0.05, 0.1) is 6.54 Å². The standard InChI is InChI=1S/C15H20N4O2/c1-4-19-10-17-18-14(19)9-16-15(20)12(3)21-13-7-5-11(2)6-8-13/h5-8,10,12H,4,9H2,1-3H3,(H,16,20)/t12-/m0/s1. The van der Waals surface area contributed by atoms with E-state index in [1.165, 1.54) is 0 Å². The number of aromatic nitrogens is 3. The van der Waals surface area contributed by atoms with Crippen LogP contribution < -0.4 is 10.1 Å². The number of hydrogen-bond donors (Lipinski definition) is 1. The summed E-state index contributed by atoms with van der Waals surface area (Å²) in [5.74, 6) is 1.23. The van der Waals surface area contributed by atoms with E-state index >= 15 is 0 Å². The summed E-state index contributed by atoms with van der Waals surface area (Å²) < 4.78 is 7.48. The van der Waals surface area contributed by atoms with Crippen LogP contribution in [0.3, 0.4) is 0 Å². The van der Waals surface area contributed by atoms with E-state index in [2.05, 4.69) is 15.5 Å². The number of rotatable bonds is 6. The second-order valence-electron chi connectivity index (χ2n) is 4.82. The second kappa shape index (κ2) is 6.88. The van der Waals surface area contributed by atoms with Gasteiger partial charge in [0.15, 0.2) is 11.9 Å². The van der Waals surface area contributed by atoms with E-state index in [1.54, 1.807) is 13.3 Å². The predicted molar refractivity (Wildman–Crippen MR) is 78.8 cm³/mol. The molecule has 1 atom stereocenters. The van der Waals surface area contributed by atoms with Gasteiger partial charge in [0.25, 0.3) is 5.91 Å². The summed E-state index contributed by atoms with van der Waals surface area (Å²) in [4.78, 5) is 12.0. The highest BCUT2D eigenvalue weighted by molar-refractivity contribution is 5.80. The number of nitrogens with zero attached hydrogens (tertiary/aromatic N) is 3. The average Bonchev–Trinajstić information content (AvgIpc) is 2.94. The lowest BCUT2D eigenvalue weighted by Crippen LogP contribution is -2.36. The SMILES string of the molecule is CCn1cnnc1CNC(=O)[C@H](C)Oc1ccc(C)cc1. The highest BCUT2D eigenvalue weighted by Gasteiger charge is 2.15. The fraction of sp³-hybridized carbons (Fsp3) is 0.400. The fourth-order valence-corrected chi connectivity index (χ4v) is 1.86. The maximum Gasteiger partial charge on any atom is 0.261 e. The van der Waals surface area contributed by atoms with Gasteiger partial charge in [-0.2, -0.15) is 0 Å². The normalized spacial score (nSPS) is 12.0. The first-order valence-corrected chi connectivity index (χ1v) is 6.98. The number of carbonyl (C=O) groups excluding carboxylic acids is 1. The van der Waals surface area contributed by atoms with Gasteiger partial charge in [0.2, 0.25) is 0 Å². The molecule has 1 N–H and O–H groups in total. The van der Waals surface area contributed by atoms with Gasteiger partial charge < -0.3 is 14.6 Å². The molecule has 1 heterocycles. The molecule has 0 unspecified atom stereocenters. The van der Waals surface area contributed by atoms with Crippen LogP contribution in [0, 0.1) is 6.92 Å². The van der Waals surface area contributed by atoms with Crippen LogP contribution in [-0.2, 0) is 17.9 Å². The van der Waals surface area contributed by atoms with Gasteiger partial charge in [-0.15, -0.1) is 10.2 Å². The van der Waals surface area contributed by atoms with Crippen LogP contribution in [0.5, 0.6) is 5.75 Å². The molecule has 6 nitrogen and oxygen atoms in total. The van der Waals surface area contributed by atoms with Crippen molar-refractivity contribution in [3.05, 3.63) is 42.0 Å². The predicted octanol–water partition coefficient (Wildman–Crippen LogP) is 1.69. The van der Waals surface area contributed by atoms with Crippen molar-refractivity contribution in [1.82, 2.24) is 20.1 Å². The van der Waals surface area contributed by atoms with Crippen LogP contribution in [0.15, 0.2) is 30.6 Å². The molecule has 1 amide bonds. The third-order valence-electron chi connectivity index (χ3n) is 3.16.